The van der Waals surface area contributed by atoms with Crippen LogP contribution < -0.4 is 5.73 Å². The molecule has 0 bridgehead atoms. The molecule has 2 rings (SSSR count). The van der Waals surface area contributed by atoms with Crippen LogP contribution in [0.2, 0.25) is 0 Å². The van der Waals surface area contributed by atoms with Crippen molar-refractivity contribution in [3.8, 4) is 0 Å². The highest BCUT2D eigenvalue weighted by Crippen LogP contribution is 2.35. The summed E-state index contributed by atoms with van der Waals surface area (Å²) in [5, 5.41) is 2.62. The Morgan fingerprint density at radius 1 is 1.59 bits per heavy atom. The first-order valence-electron chi connectivity index (χ1n) is 5.99. The molecule has 0 radical (unpaired) electrons. The lowest BCUT2D eigenvalue weighted by Crippen LogP contribution is -2.36. The topological polar surface area (TPSA) is 59.2 Å². The average Bonchev–Trinajstić information content (AvgIpc) is 3.03. The Hall–Kier alpha value is -0.940. The van der Waals surface area contributed by atoms with Crippen LogP contribution in [0, 0.1) is 5.92 Å². The van der Waals surface area contributed by atoms with E-state index in [9.17, 15) is 4.79 Å². The van der Waals surface area contributed by atoms with Crippen molar-refractivity contribution in [1.82, 2.24) is 9.88 Å². The van der Waals surface area contributed by atoms with E-state index >= 15 is 0 Å². The van der Waals surface area contributed by atoms with Gasteiger partial charge < -0.3 is 10.6 Å². The highest BCUT2D eigenvalue weighted by molar-refractivity contribution is 7.09. The average molecular weight is 253 g/mol. The maximum atomic E-state index is 12.2. The van der Waals surface area contributed by atoms with Crippen LogP contribution in [-0.2, 0) is 0 Å². The summed E-state index contributed by atoms with van der Waals surface area (Å²) in [4.78, 5) is 18.3. The number of carbonyl (C=O) groups excluding carboxylic acids is 1. The van der Waals surface area contributed by atoms with Gasteiger partial charge in [-0.2, -0.15) is 0 Å². The summed E-state index contributed by atoms with van der Waals surface area (Å²) in [5.41, 5.74) is 6.27. The van der Waals surface area contributed by atoms with Crippen LogP contribution in [0.15, 0.2) is 5.38 Å². The van der Waals surface area contributed by atoms with E-state index in [1.807, 2.05) is 14.0 Å². The van der Waals surface area contributed by atoms with Gasteiger partial charge in [-0.25, -0.2) is 4.98 Å². The number of hydrogen-bond acceptors (Lipinski definition) is 4. The van der Waals surface area contributed by atoms with Crippen molar-refractivity contribution < 1.29 is 4.79 Å². The van der Waals surface area contributed by atoms with E-state index in [0.717, 1.165) is 5.01 Å². The van der Waals surface area contributed by atoms with Crippen molar-refractivity contribution in [3.05, 3.63) is 16.1 Å². The molecule has 0 saturated heterocycles. The molecule has 17 heavy (non-hydrogen) atoms. The Morgan fingerprint density at radius 3 is 2.71 bits per heavy atom. The summed E-state index contributed by atoms with van der Waals surface area (Å²) in [6.07, 6.45) is 2.47. The molecule has 0 aliphatic heterocycles. The van der Waals surface area contributed by atoms with Crippen molar-refractivity contribution in [3.63, 3.8) is 0 Å². The molecule has 1 heterocycles. The lowest BCUT2D eigenvalue weighted by molar-refractivity contribution is 0.0722. The smallest absolute Gasteiger partial charge is 0.273 e. The lowest BCUT2D eigenvalue weighted by Gasteiger charge is -2.23. The van der Waals surface area contributed by atoms with Gasteiger partial charge in [-0.15, -0.1) is 11.3 Å². The van der Waals surface area contributed by atoms with Crippen molar-refractivity contribution in [2.45, 2.75) is 38.8 Å². The van der Waals surface area contributed by atoms with Crippen LogP contribution in [0.3, 0.4) is 0 Å². The van der Waals surface area contributed by atoms with E-state index in [1.165, 1.54) is 24.2 Å². The van der Waals surface area contributed by atoms with Crippen molar-refractivity contribution in [2.75, 3.05) is 7.05 Å². The molecule has 1 aliphatic carbocycles. The number of nitrogens with two attached hydrogens (primary N) is 1. The van der Waals surface area contributed by atoms with Crippen molar-refractivity contribution in [1.29, 1.82) is 0 Å². The molecule has 1 aromatic heterocycles. The predicted molar refractivity (Wildman–Crippen MR) is 69.0 cm³/mol. The zero-order valence-electron chi connectivity index (χ0n) is 10.5. The molecule has 1 fully saturated rings. The molecule has 2 unspecified atom stereocenters. The molecule has 94 valence electrons. The molecule has 0 aromatic carbocycles. The second kappa shape index (κ2) is 4.74. The molecule has 4 nitrogen and oxygen atoms in total. The first-order chi connectivity index (χ1) is 8.00. The standard InChI is InChI=1S/C12H19N3OS/c1-7(13)11-14-10(6-17-11)12(16)15(3)8(2)9-4-5-9/h6-9H,4-5,13H2,1-3H3. The number of carbonyl (C=O) groups is 1. The summed E-state index contributed by atoms with van der Waals surface area (Å²) in [5.74, 6) is 0.683. The van der Waals surface area contributed by atoms with Crippen LogP contribution in [0.25, 0.3) is 0 Å². The van der Waals surface area contributed by atoms with Gasteiger partial charge in [0.15, 0.2) is 0 Å². The van der Waals surface area contributed by atoms with Gasteiger partial charge in [0.25, 0.3) is 5.91 Å². The van der Waals surface area contributed by atoms with Gasteiger partial charge in [-0.3, -0.25) is 4.79 Å². The van der Waals surface area contributed by atoms with Crippen molar-refractivity contribution >= 4 is 17.2 Å². The maximum Gasteiger partial charge on any atom is 0.273 e. The van der Waals surface area contributed by atoms with Gasteiger partial charge in [0, 0.05) is 18.5 Å². The molecule has 5 heteroatoms. The number of amides is 1. The van der Waals surface area contributed by atoms with Gasteiger partial charge in [0.1, 0.15) is 10.7 Å². The predicted octanol–water partition coefficient (Wildman–Crippen LogP) is 2.03. The van der Waals surface area contributed by atoms with Gasteiger partial charge in [0.2, 0.25) is 0 Å². The second-order valence-corrected chi connectivity index (χ2v) is 5.74. The Morgan fingerprint density at radius 2 is 2.24 bits per heavy atom. The molecular weight excluding hydrogens is 234 g/mol. The Kier molecular flexibility index (Phi) is 3.49. The summed E-state index contributed by atoms with van der Waals surface area (Å²) in [6, 6.07) is 0.204. The molecular formula is C12H19N3OS. The minimum atomic E-state index is -0.104. The monoisotopic (exact) mass is 253 g/mol. The van der Waals surface area contributed by atoms with E-state index in [-0.39, 0.29) is 11.9 Å². The zero-order chi connectivity index (χ0) is 12.6. The van der Waals surface area contributed by atoms with Crippen molar-refractivity contribution in [2.24, 2.45) is 11.7 Å². The first-order valence-corrected chi connectivity index (χ1v) is 6.87. The van der Waals surface area contributed by atoms with Crippen LogP contribution in [0.1, 0.15) is 48.2 Å². The minimum Gasteiger partial charge on any atom is -0.337 e. The number of aromatic nitrogens is 1. The summed E-state index contributed by atoms with van der Waals surface area (Å²) in [7, 11) is 1.86. The third kappa shape index (κ3) is 2.66. The lowest BCUT2D eigenvalue weighted by atomic mass is 10.2. The fourth-order valence-electron chi connectivity index (χ4n) is 1.86. The van der Waals surface area contributed by atoms with Gasteiger partial charge in [-0.05, 0) is 32.6 Å². The molecule has 1 aromatic rings. The maximum absolute atomic E-state index is 12.2. The Labute approximate surface area is 106 Å². The molecule has 1 saturated carbocycles. The zero-order valence-corrected chi connectivity index (χ0v) is 11.3. The summed E-state index contributed by atoms with van der Waals surface area (Å²) >= 11 is 1.46. The summed E-state index contributed by atoms with van der Waals surface area (Å²) < 4.78 is 0. The van der Waals surface area contributed by atoms with Gasteiger partial charge >= 0.3 is 0 Å². The second-order valence-electron chi connectivity index (χ2n) is 4.85. The molecule has 2 atom stereocenters. The Balaban J connectivity index is 2.07. The fourth-order valence-corrected chi connectivity index (χ4v) is 2.61. The highest BCUT2D eigenvalue weighted by atomic mass is 32.1. The number of nitrogens with zero attached hydrogens (tertiary/aromatic N) is 2. The largest absolute Gasteiger partial charge is 0.337 e. The molecule has 1 aliphatic rings. The number of hydrogen-bond donors (Lipinski definition) is 1. The fraction of sp³-hybridized carbons (Fsp3) is 0.667. The number of rotatable bonds is 4. The normalized spacial score (nSPS) is 18.8. The quantitative estimate of drug-likeness (QED) is 0.893. The van der Waals surface area contributed by atoms with Gasteiger partial charge in [0.05, 0.1) is 6.04 Å². The van der Waals surface area contributed by atoms with Crippen LogP contribution >= 0.6 is 11.3 Å². The van der Waals surface area contributed by atoms with E-state index in [4.69, 9.17) is 5.73 Å². The Bertz CT molecular complexity index is 412. The van der Waals surface area contributed by atoms with E-state index in [0.29, 0.717) is 17.7 Å². The van der Waals surface area contributed by atoms with Crippen LogP contribution in [0.5, 0.6) is 0 Å². The third-order valence-electron chi connectivity index (χ3n) is 3.37. The number of thiazole rings is 1. The molecule has 1 amide bonds. The van der Waals surface area contributed by atoms with E-state index < -0.39 is 0 Å². The van der Waals surface area contributed by atoms with Crippen LogP contribution in [0.4, 0.5) is 0 Å². The van der Waals surface area contributed by atoms with E-state index in [1.54, 1.807) is 10.3 Å². The minimum absolute atomic E-state index is 0.00699. The molecule has 0 spiro atoms. The molecule has 2 N–H and O–H groups in total. The summed E-state index contributed by atoms with van der Waals surface area (Å²) in [6.45, 7) is 3.98. The van der Waals surface area contributed by atoms with Crippen LogP contribution in [-0.4, -0.2) is 28.9 Å². The van der Waals surface area contributed by atoms with Gasteiger partial charge in [-0.1, -0.05) is 0 Å². The third-order valence-corrected chi connectivity index (χ3v) is 4.41. The highest BCUT2D eigenvalue weighted by Gasteiger charge is 2.33. The van der Waals surface area contributed by atoms with E-state index in [2.05, 4.69) is 11.9 Å². The SMILES string of the molecule is CC(N)c1nc(C(=O)N(C)C(C)C2CC2)cs1. The first kappa shape index (κ1) is 12.5.